The predicted molar refractivity (Wildman–Crippen MR) is 72.4 cm³/mol. The van der Waals surface area contributed by atoms with Crippen LogP contribution < -0.4 is 10.1 Å². The van der Waals surface area contributed by atoms with Gasteiger partial charge in [0, 0.05) is 18.3 Å². The summed E-state index contributed by atoms with van der Waals surface area (Å²) in [5, 5.41) is 11.8. The van der Waals surface area contributed by atoms with E-state index in [1.54, 1.807) is 24.4 Å². The average molecular weight is 265 g/mol. The topological polar surface area (TPSA) is 75.0 Å². The Morgan fingerprint density at radius 1 is 1.30 bits per heavy atom. The van der Waals surface area contributed by atoms with E-state index in [9.17, 15) is 4.79 Å². The first-order chi connectivity index (χ1) is 9.76. The number of aromatic nitrogens is 1. The maximum atomic E-state index is 11.3. The van der Waals surface area contributed by atoms with E-state index in [1.807, 2.05) is 18.2 Å². The van der Waals surface area contributed by atoms with Crippen molar-refractivity contribution in [3.05, 3.63) is 47.8 Å². The standard InChI is InChI=1S/C15H11N3O2/c16-9-13-14(2-1-7-17-13)20-11-4-5-12-10(8-11)3-6-15(19)18-12/h1-2,4-5,7-8H,3,6H2,(H,18,19). The number of carbonyl (C=O) groups excluding carboxylic acids is 1. The first kappa shape index (κ1) is 12.2. The fraction of sp³-hybridized carbons (Fsp3) is 0.133. The van der Waals surface area contributed by atoms with Crippen LogP contribution in [0.4, 0.5) is 5.69 Å². The van der Waals surface area contributed by atoms with Crippen LogP contribution in [0.3, 0.4) is 0 Å². The number of nitrogens with zero attached hydrogens (tertiary/aromatic N) is 2. The molecule has 0 fully saturated rings. The summed E-state index contributed by atoms with van der Waals surface area (Å²) in [5.41, 5.74) is 2.10. The molecule has 0 spiro atoms. The molecule has 0 saturated heterocycles. The molecule has 0 bridgehead atoms. The van der Waals surface area contributed by atoms with Crippen LogP contribution in [0.15, 0.2) is 36.5 Å². The van der Waals surface area contributed by atoms with Crippen molar-refractivity contribution in [3.63, 3.8) is 0 Å². The molecule has 1 amide bonds. The Balaban J connectivity index is 1.89. The first-order valence-electron chi connectivity index (χ1n) is 6.22. The summed E-state index contributed by atoms with van der Waals surface area (Å²) in [4.78, 5) is 15.2. The summed E-state index contributed by atoms with van der Waals surface area (Å²) in [6.45, 7) is 0. The van der Waals surface area contributed by atoms with Gasteiger partial charge in [0.05, 0.1) is 0 Å². The van der Waals surface area contributed by atoms with Crippen LogP contribution in [0.2, 0.25) is 0 Å². The Morgan fingerprint density at radius 2 is 2.20 bits per heavy atom. The number of fused-ring (bicyclic) bond motifs is 1. The van der Waals surface area contributed by atoms with Gasteiger partial charge in [-0.2, -0.15) is 5.26 Å². The summed E-state index contributed by atoms with van der Waals surface area (Å²) < 4.78 is 5.70. The van der Waals surface area contributed by atoms with E-state index in [1.165, 1.54) is 0 Å². The minimum atomic E-state index is 0.0326. The van der Waals surface area contributed by atoms with Gasteiger partial charge < -0.3 is 10.1 Å². The van der Waals surface area contributed by atoms with Crippen molar-refractivity contribution < 1.29 is 9.53 Å². The number of aryl methyl sites for hydroxylation is 1. The van der Waals surface area contributed by atoms with Crippen molar-refractivity contribution in [1.29, 1.82) is 5.26 Å². The second kappa shape index (κ2) is 5.02. The molecule has 1 N–H and O–H groups in total. The number of carbonyl (C=O) groups is 1. The quantitative estimate of drug-likeness (QED) is 0.905. The van der Waals surface area contributed by atoms with E-state index < -0.39 is 0 Å². The van der Waals surface area contributed by atoms with E-state index >= 15 is 0 Å². The summed E-state index contributed by atoms with van der Waals surface area (Å²) >= 11 is 0. The number of hydrogen-bond donors (Lipinski definition) is 1. The highest BCUT2D eigenvalue weighted by Gasteiger charge is 2.15. The Bertz CT molecular complexity index is 719. The highest BCUT2D eigenvalue weighted by atomic mass is 16.5. The normalized spacial score (nSPS) is 13.1. The molecular formula is C15H11N3O2. The number of ether oxygens (including phenoxy) is 1. The van der Waals surface area contributed by atoms with E-state index in [4.69, 9.17) is 10.00 Å². The van der Waals surface area contributed by atoms with Crippen molar-refractivity contribution in [2.24, 2.45) is 0 Å². The third-order valence-corrected chi connectivity index (χ3v) is 3.08. The number of benzene rings is 1. The fourth-order valence-corrected chi connectivity index (χ4v) is 2.11. The van der Waals surface area contributed by atoms with E-state index in [0.717, 1.165) is 11.3 Å². The number of pyridine rings is 1. The molecule has 0 saturated carbocycles. The highest BCUT2D eigenvalue weighted by Crippen LogP contribution is 2.30. The van der Waals surface area contributed by atoms with Gasteiger partial charge in [0.15, 0.2) is 11.4 Å². The summed E-state index contributed by atoms with van der Waals surface area (Å²) in [6, 6.07) is 10.9. The van der Waals surface area contributed by atoms with Gasteiger partial charge in [0.1, 0.15) is 11.8 Å². The lowest BCUT2D eigenvalue weighted by molar-refractivity contribution is -0.116. The Morgan fingerprint density at radius 3 is 3.05 bits per heavy atom. The van der Waals surface area contributed by atoms with Crippen molar-refractivity contribution in [2.75, 3.05) is 5.32 Å². The van der Waals surface area contributed by atoms with Crippen molar-refractivity contribution in [2.45, 2.75) is 12.8 Å². The number of hydrogen-bond acceptors (Lipinski definition) is 4. The third kappa shape index (κ3) is 2.31. The maximum absolute atomic E-state index is 11.3. The van der Waals surface area contributed by atoms with Crippen LogP contribution >= 0.6 is 0 Å². The zero-order chi connectivity index (χ0) is 13.9. The summed E-state index contributed by atoms with van der Waals surface area (Å²) in [6.07, 6.45) is 2.72. The van der Waals surface area contributed by atoms with Crippen LogP contribution in [0.25, 0.3) is 0 Å². The van der Waals surface area contributed by atoms with Gasteiger partial charge in [0.2, 0.25) is 5.91 Å². The van der Waals surface area contributed by atoms with Gasteiger partial charge in [-0.1, -0.05) is 0 Å². The van der Waals surface area contributed by atoms with Gasteiger partial charge in [-0.15, -0.1) is 0 Å². The number of nitriles is 1. The number of amides is 1. The lowest BCUT2D eigenvalue weighted by atomic mass is 10.0. The van der Waals surface area contributed by atoms with Gasteiger partial charge in [0.25, 0.3) is 0 Å². The third-order valence-electron chi connectivity index (χ3n) is 3.08. The molecule has 1 aliphatic rings. The smallest absolute Gasteiger partial charge is 0.224 e. The fourth-order valence-electron chi connectivity index (χ4n) is 2.11. The van der Waals surface area contributed by atoms with Crippen LogP contribution in [0.1, 0.15) is 17.7 Å². The monoisotopic (exact) mass is 265 g/mol. The van der Waals surface area contributed by atoms with Crippen LogP contribution in [-0.4, -0.2) is 10.9 Å². The summed E-state index contributed by atoms with van der Waals surface area (Å²) in [5.74, 6) is 1.09. The van der Waals surface area contributed by atoms with E-state index in [2.05, 4.69) is 10.3 Å². The number of nitrogens with one attached hydrogen (secondary N) is 1. The van der Waals surface area contributed by atoms with Crippen molar-refractivity contribution in [3.8, 4) is 17.6 Å². The highest BCUT2D eigenvalue weighted by molar-refractivity contribution is 5.94. The molecule has 0 unspecified atom stereocenters. The van der Waals surface area contributed by atoms with Gasteiger partial charge in [-0.05, 0) is 42.3 Å². The SMILES string of the molecule is N#Cc1ncccc1Oc1ccc2c(c1)CCC(=O)N2. The van der Waals surface area contributed by atoms with E-state index in [-0.39, 0.29) is 11.6 Å². The maximum Gasteiger partial charge on any atom is 0.224 e. The van der Waals surface area contributed by atoms with Gasteiger partial charge in [-0.3, -0.25) is 4.79 Å². The van der Waals surface area contributed by atoms with Crippen LogP contribution in [-0.2, 0) is 11.2 Å². The second-order valence-corrected chi connectivity index (χ2v) is 4.43. The van der Waals surface area contributed by atoms with Crippen LogP contribution in [0.5, 0.6) is 11.5 Å². The molecule has 1 aromatic heterocycles. The van der Waals surface area contributed by atoms with Crippen molar-refractivity contribution >= 4 is 11.6 Å². The second-order valence-electron chi connectivity index (χ2n) is 4.43. The molecule has 3 rings (SSSR count). The predicted octanol–water partition coefficient (Wildman–Crippen LogP) is 2.63. The lowest BCUT2D eigenvalue weighted by Gasteiger charge is -2.17. The molecule has 5 heteroatoms. The van der Waals surface area contributed by atoms with Gasteiger partial charge >= 0.3 is 0 Å². The Kier molecular flexibility index (Phi) is 3.05. The number of anilines is 1. The molecule has 0 radical (unpaired) electrons. The number of rotatable bonds is 2. The summed E-state index contributed by atoms with van der Waals surface area (Å²) in [7, 11) is 0. The molecule has 2 heterocycles. The molecule has 5 nitrogen and oxygen atoms in total. The zero-order valence-electron chi connectivity index (χ0n) is 10.6. The Labute approximate surface area is 115 Å². The molecule has 0 atom stereocenters. The molecule has 1 aromatic carbocycles. The average Bonchev–Trinajstić information content (AvgIpc) is 2.48. The largest absolute Gasteiger partial charge is 0.454 e. The van der Waals surface area contributed by atoms with Crippen LogP contribution in [0, 0.1) is 11.3 Å². The van der Waals surface area contributed by atoms with Gasteiger partial charge in [-0.25, -0.2) is 4.98 Å². The molecule has 98 valence electrons. The Hall–Kier alpha value is -2.87. The molecule has 20 heavy (non-hydrogen) atoms. The molecule has 2 aromatic rings. The zero-order valence-corrected chi connectivity index (χ0v) is 10.6. The molecule has 1 aliphatic heterocycles. The minimum Gasteiger partial charge on any atom is -0.454 e. The lowest BCUT2D eigenvalue weighted by Crippen LogP contribution is -2.18. The van der Waals surface area contributed by atoms with E-state index in [0.29, 0.717) is 24.3 Å². The molecule has 0 aliphatic carbocycles. The first-order valence-corrected chi connectivity index (χ1v) is 6.22. The molecular weight excluding hydrogens is 254 g/mol. The minimum absolute atomic E-state index is 0.0326. The van der Waals surface area contributed by atoms with Crippen molar-refractivity contribution in [1.82, 2.24) is 4.98 Å².